The van der Waals surface area contributed by atoms with Crippen LogP contribution in [-0.4, -0.2) is 6.71 Å². The molecule has 2 aliphatic heterocycles. The number of aryl methyl sites for hydroxylation is 3. The lowest BCUT2D eigenvalue weighted by Crippen LogP contribution is -2.60. The molecule has 0 saturated heterocycles. The third-order valence-electron chi connectivity index (χ3n) is 16.6. The fourth-order valence-electron chi connectivity index (χ4n) is 12.3. The van der Waals surface area contributed by atoms with Crippen LogP contribution in [0.4, 0.5) is 34.1 Å². The van der Waals surface area contributed by atoms with Gasteiger partial charge < -0.3 is 9.80 Å². The molecule has 11 rings (SSSR count). The highest BCUT2D eigenvalue weighted by Crippen LogP contribution is 2.54. The van der Waals surface area contributed by atoms with E-state index in [0.29, 0.717) is 0 Å². The molecule has 2 nitrogen and oxygen atoms in total. The van der Waals surface area contributed by atoms with Crippen LogP contribution >= 0.6 is 11.3 Å². The van der Waals surface area contributed by atoms with Crippen molar-refractivity contribution in [1.82, 2.24) is 0 Å². The average molecular weight is 871 g/mol. The van der Waals surface area contributed by atoms with E-state index in [0.717, 1.165) is 0 Å². The molecule has 1 aromatic heterocycles. The quantitative estimate of drug-likeness (QED) is 0.163. The Bertz CT molecular complexity index is 3150. The predicted octanol–water partition coefficient (Wildman–Crippen LogP) is 15.6. The van der Waals surface area contributed by atoms with Gasteiger partial charge in [-0.15, -0.1) is 11.3 Å². The lowest BCUT2D eigenvalue weighted by molar-refractivity contribution is 0.332. The smallest absolute Gasteiger partial charge is 0.264 e. The highest BCUT2D eigenvalue weighted by molar-refractivity contribution is 7.33. The minimum atomic E-state index is -0.0134. The molecule has 6 aromatic carbocycles. The molecule has 3 heterocycles. The van der Waals surface area contributed by atoms with Gasteiger partial charge in [-0.1, -0.05) is 131 Å². The van der Waals surface area contributed by atoms with E-state index >= 15 is 0 Å². The van der Waals surface area contributed by atoms with Gasteiger partial charge in [0.25, 0.3) is 6.71 Å². The first-order chi connectivity index (χ1) is 30.6. The van der Waals surface area contributed by atoms with Crippen molar-refractivity contribution in [3.63, 3.8) is 0 Å². The van der Waals surface area contributed by atoms with Crippen LogP contribution in [0.1, 0.15) is 146 Å². The number of hydrogen-bond acceptors (Lipinski definition) is 3. The number of benzene rings is 6. The Morgan fingerprint density at radius 1 is 0.538 bits per heavy atom. The fraction of sp³-hybridized carbons (Fsp3) is 0.377. The Morgan fingerprint density at radius 3 is 1.82 bits per heavy atom. The minimum Gasteiger partial charge on any atom is -0.311 e. The Balaban J connectivity index is 1.26. The van der Waals surface area contributed by atoms with Crippen LogP contribution in [-0.2, 0) is 27.1 Å². The Hall–Kier alpha value is -5.06. The molecule has 0 radical (unpaired) electrons. The summed E-state index contributed by atoms with van der Waals surface area (Å²) in [4.78, 5) is 5.37. The van der Waals surface area contributed by atoms with Crippen molar-refractivity contribution in [2.24, 2.45) is 0 Å². The Kier molecular flexibility index (Phi) is 9.16. The van der Waals surface area contributed by atoms with Crippen LogP contribution in [0.3, 0.4) is 0 Å². The predicted molar refractivity (Wildman–Crippen MR) is 285 cm³/mol. The maximum absolute atomic E-state index is 2.73. The largest absolute Gasteiger partial charge is 0.311 e. The molecule has 0 unspecified atom stereocenters. The third-order valence-corrected chi connectivity index (χ3v) is 17.9. The van der Waals surface area contributed by atoms with Crippen LogP contribution in [0.15, 0.2) is 103 Å². The molecule has 0 saturated carbocycles. The summed E-state index contributed by atoms with van der Waals surface area (Å²) in [6, 6.07) is 41.3. The second-order valence-corrected chi connectivity index (χ2v) is 25.2. The molecule has 2 aliphatic carbocycles. The van der Waals surface area contributed by atoms with Gasteiger partial charge in [0, 0.05) is 43.3 Å². The van der Waals surface area contributed by atoms with Crippen molar-refractivity contribution in [3.05, 3.63) is 148 Å². The van der Waals surface area contributed by atoms with E-state index in [1.54, 1.807) is 0 Å². The molecular weight excluding hydrogens is 804 g/mol. The van der Waals surface area contributed by atoms with Gasteiger partial charge in [0.15, 0.2) is 0 Å². The van der Waals surface area contributed by atoms with Gasteiger partial charge >= 0.3 is 0 Å². The summed E-state index contributed by atoms with van der Waals surface area (Å²) in [7, 11) is 0. The summed E-state index contributed by atoms with van der Waals surface area (Å²) in [6.45, 7) is 33.8. The SMILES string of the molecule is Cc1cc2c3c(c1)N(c1ccc4c(c1)C(C)(C)CCC4(C)C)c1c(sc4cc5c(cc14)C(C)(C)CCC5(C)C)B3c1cc(C(C)(C)C)ccc1N2c1cc(-c2ccccc2C)ccc1C. The molecule has 4 aliphatic rings. The summed E-state index contributed by atoms with van der Waals surface area (Å²) in [5, 5.41) is 1.40. The number of nitrogens with zero attached hydrogens (tertiary/aromatic N) is 2. The average Bonchev–Trinajstić information content (AvgIpc) is 3.62. The van der Waals surface area contributed by atoms with Crippen molar-refractivity contribution < 1.29 is 0 Å². The van der Waals surface area contributed by atoms with Gasteiger partial charge in [0.2, 0.25) is 0 Å². The van der Waals surface area contributed by atoms with Crippen molar-refractivity contribution in [2.45, 2.75) is 150 Å². The van der Waals surface area contributed by atoms with Crippen molar-refractivity contribution in [1.29, 1.82) is 0 Å². The zero-order valence-corrected chi connectivity index (χ0v) is 42.3. The zero-order valence-electron chi connectivity index (χ0n) is 41.5. The van der Waals surface area contributed by atoms with Gasteiger partial charge in [-0.25, -0.2) is 0 Å². The van der Waals surface area contributed by atoms with Crippen molar-refractivity contribution in [3.8, 4) is 11.1 Å². The minimum absolute atomic E-state index is 0.0134. The highest BCUT2D eigenvalue weighted by Gasteiger charge is 2.48. The second-order valence-electron chi connectivity index (χ2n) is 24.1. The van der Waals surface area contributed by atoms with Gasteiger partial charge in [-0.05, 0) is 189 Å². The molecule has 0 fully saturated rings. The number of anilines is 6. The maximum Gasteiger partial charge on any atom is 0.264 e. The summed E-state index contributed by atoms with van der Waals surface area (Å²) in [5.74, 6) is 0. The first-order valence-corrected chi connectivity index (χ1v) is 25.2. The summed E-state index contributed by atoms with van der Waals surface area (Å²) < 4.78 is 2.87. The third kappa shape index (κ3) is 6.39. The standard InChI is InChI=1S/C61H67BN2S/c1-36-29-51-54-52(30-36)64(50-31-39(20-19-38(50)3)42-18-16-15-17-37(42)2)49-24-21-40(57(4,5)6)32-48(49)62(54)56-55(43-34-46-47(35-53(43)65-56)61(13,14)28-27-60(46,11)12)63(51)41-22-23-44-45(33-41)59(9,10)26-25-58(44,7)8/h15-24,29-35H,25-28H2,1-14H3. The van der Waals surface area contributed by atoms with Gasteiger partial charge in [0.1, 0.15) is 0 Å². The maximum atomic E-state index is 2.73. The Morgan fingerprint density at radius 2 is 1.15 bits per heavy atom. The summed E-state index contributed by atoms with van der Waals surface area (Å²) in [5.41, 5.74) is 24.9. The van der Waals surface area contributed by atoms with Gasteiger partial charge in [-0.3, -0.25) is 0 Å². The number of hydrogen-bond donors (Lipinski definition) is 0. The normalized spacial score (nSPS) is 18.5. The van der Waals surface area contributed by atoms with Gasteiger partial charge in [0.05, 0.1) is 5.69 Å². The molecule has 330 valence electrons. The molecule has 0 spiro atoms. The molecule has 0 bridgehead atoms. The first-order valence-electron chi connectivity index (χ1n) is 24.4. The number of fused-ring (bicyclic) bond motifs is 8. The van der Waals surface area contributed by atoms with Crippen LogP contribution in [0, 0.1) is 20.8 Å². The first kappa shape index (κ1) is 42.6. The number of thiophene rings is 1. The second kappa shape index (κ2) is 14.0. The lowest BCUT2D eigenvalue weighted by Gasteiger charge is -2.45. The molecule has 65 heavy (non-hydrogen) atoms. The van der Waals surface area contributed by atoms with Gasteiger partial charge in [-0.2, -0.15) is 0 Å². The van der Waals surface area contributed by atoms with Crippen LogP contribution < -0.4 is 25.5 Å². The van der Waals surface area contributed by atoms with Crippen molar-refractivity contribution in [2.75, 3.05) is 9.80 Å². The zero-order chi connectivity index (χ0) is 45.9. The molecule has 4 heteroatoms. The fourth-order valence-corrected chi connectivity index (χ4v) is 13.6. The van der Waals surface area contributed by atoms with E-state index in [2.05, 4.69) is 221 Å². The highest BCUT2D eigenvalue weighted by atomic mass is 32.1. The van der Waals surface area contributed by atoms with E-state index < -0.39 is 0 Å². The molecule has 7 aromatic rings. The van der Waals surface area contributed by atoms with Crippen molar-refractivity contribution >= 4 is 78.0 Å². The number of rotatable bonds is 3. The molecule has 0 amide bonds. The van der Waals surface area contributed by atoms with E-state index in [1.165, 1.54) is 141 Å². The van der Waals surface area contributed by atoms with E-state index in [-0.39, 0.29) is 33.8 Å². The van der Waals surface area contributed by atoms with E-state index in [4.69, 9.17) is 0 Å². The summed E-state index contributed by atoms with van der Waals surface area (Å²) in [6.07, 6.45) is 4.79. The Labute approximate surface area is 394 Å². The van der Waals surface area contributed by atoms with Crippen LogP contribution in [0.2, 0.25) is 0 Å². The summed E-state index contributed by atoms with van der Waals surface area (Å²) >= 11 is 2.06. The molecular formula is C61H67BN2S. The van der Waals surface area contributed by atoms with E-state index in [1.807, 2.05) is 0 Å². The lowest BCUT2D eigenvalue weighted by atomic mass is 9.36. The van der Waals surface area contributed by atoms with Crippen LogP contribution in [0.25, 0.3) is 21.2 Å². The van der Waals surface area contributed by atoms with E-state index in [9.17, 15) is 0 Å². The van der Waals surface area contributed by atoms with Crippen LogP contribution in [0.5, 0.6) is 0 Å². The molecule has 0 N–H and O–H groups in total. The monoisotopic (exact) mass is 871 g/mol. The molecule has 0 atom stereocenters. The topological polar surface area (TPSA) is 6.48 Å².